The first-order chi connectivity index (χ1) is 16.9. The molecule has 0 saturated heterocycles. The van der Waals surface area contributed by atoms with Gasteiger partial charge in [0.25, 0.3) is 5.91 Å². The third-order valence-electron chi connectivity index (χ3n) is 6.98. The molecule has 1 heterocycles. The van der Waals surface area contributed by atoms with Gasteiger partial charge >= 0.3 is 5.97 Å². The Morgan fingerprint density at radius 3 is 2.37 bits per heavy atom. The molecule has 8 nitrogen and oxygen atoms in total. The maximum atomic E-state index is 13.3. The Balaban J connectivity index is 1.48. The summed E-state index contributed by atoms with van der Waals surface area (Å²) in [5, 5.41) is 15.9. The van der Waals surface area contributed by atoms with Gasteiger partial charge in [0.05, 0.1) is 25.7 Å². The van der Waals surface area contributed by atoms with Crippen molar-refractivity contribution in [1.82, 2.24) is 5.32 Å². The number of carbonyl (C=O) groups is 3. The smallest absolute Gasteiger partial charge is 0.306 e. The molecule has 9 heteroatoms. The van der Waals surface area contributed by atoms with Crippen LogP contribution in [-0.4, -0.2) is 37.1 Å². The summed E-state index contributed by atoms with van der Waals surface area (Å²) in [7, 11) is 3.15. The van der Waals surface area contributed by atoms with Crippen molar-refractivity contribution in [2.45, 2.75) is 57.9 Å². The summed E-state index contributed by atoms with van der Waals surface area (Å²) >= 11 is 1.50. The minimum atomic E-state index is -0.789. The molecule has 0 spiro atoms. The van der Waals surface area contributed by atoms with Gasteiger partial charge in [-0.3, -0.25) is 14.4 Å². The molecular weight excluding hydrogens is 468 g/mol. The minimum absolute atomic E-state index is 0.124. The minimum Gasteiger partial charge on any atom is -0.493 e. The Morgan fingerprint density at radius 2 is 1.69 bits per heavy atom. The Labute approximate surface area is 209 Å². The first-order valence-corrected chi connectivity index (χ1v) is 12.9. The topological polar surface area (TPSA) is 114 Å². The van der Waals surface area contributed by atoms with E-state index in [4.69, 9.17) is 9.47 Å². The average molecular weight is 501 g/mol. The van der Waals surface area contributed by atoms with E-state index in [1.54, 1.807) is 20.3 Å². The molecule has 1 fully saturated rings. The summed E-state index contributed by atoms with van der Waals surface area (Å²) in [5.74, 6) is -0.498. The number of carboxylic acids is 1. The number of amides is 2. The van der Waals surface area contributed by atoms with Crippen LogP contribution in [0.1, 0.15) is 64.9 Å². The SMILES string of the molecule is COc1ccc(CNC(=O)c2c(NC(=O)C3CCC(C(=O)O)CC3)sc3c2CCCC3)cc1OC. The van der Waals surface area contributed by atoms with Gasteiger partial charge in [-0.2, -0.15) is 0 Å². The fourth-order valence-electron chi connectivity index (χ4n) is 4.97. The van der Waals surface area contributed by atoms with Crippen LogP contribution in [0.2, 0.25) is 0 Å². The van der Waals surface area contributed by atoms with Gasteiger partial charge in [0.1, 0.15) is 5.00 Å². The normalized spacial score (nSPS) is 19.4. The molecule has 1 aromatic heterocycles. The maximum Gasteiger partial charge on any atom is 0.306 e. The van der Waals surface area contributed by atoms with E-state index >= 15 is 0 Å². The molecule has 0 atom stereocenters. The first-order valence-electron chi connectivity index (χ1n) is 12.1. The van der Waals surface area contributed by atoms with E-state index in [-0.39, 0.29) is 23.7 Å². The predicted octanol–water partition coefficient (Wildman–Crippen LogP) is 4.40. The monoisotopic (exact) mass is 500 g/mol. The summed E-state index contributed by atoms with van der Waals surface area (Å²) < 4.78 is 10.6. The van der Waals surface area contributed by atoms with Crippen molar-refractivity contribution in [1.29, 1.82) is 0 Å². The number of carboxylic acid groups (broad SMARTS) is 1. The van der Waals surface area contributed by atoms with Crippen molar-refractivity contribution < 1.29 is 29.0 Å². The summed E-state index contributed by atoms with van der Waals surface area (Å²) in [5.41, 5.74) is 2.48. The molecule has 3 N–H and O–H groups in total. The summed E-state index contributed by atoms with van der Waals surface area (Å²) in [6.45, 7) is 0.316. The predicted molar refractivity (Wildman–Crippen MR) is 133 cm³/mol. The molecule has 0 unspecified atom stereocenters. The van der Waals surface area contributed by atoms with Gasteiger partial charge in [-0.15, -0.1) is 11.3 Å². The van der Waals surface area contributed by atoms with E-state index in [2.05, 4.69) is 10.6 Å². The zero-order chi connectivity index (χ0) is 24.9. The lowest BCUT2D eigenvalue weighted by atomic mass is 9.81. The quantitative estimate of drug-likeness (QED) is 0.495. The number of carbonyl (C=O) groups excluding carboxylic acids is 2. The van der Waals surface area contributed by atoms with Gasteiger partial charge in [-0.05, 0) is 74.6 Å². The molecule has 2 aliphatic carbocycles. The number of nitrogens with one attached hydrogen (secondary N) is 2. The Morgan fingerprint density at radius 1 is 1.00 bits per heavy atom. The van der Waals surface area contributed by atoms with Gasteiger partial charge in [0.15, 0.2) is 11.5 Å². The van der Waals surface area contributed by atoms with E-state index in [0.29, 0.717) is 54.3 Å². The lowest BCUT2D eigenvalue weighted by molar-refractivity contribution is -0.143. The molecule has 1 aromatic carbocycles. The molecule has 4 rings (SSSR count). The summed E-state index contributed by atoms with van der Waals surface area (Å²) in [4.78, 5) is 38.8. The number of aryl methyl sites for hydroxylation is 1. The van der Waals surface area contributed by atoms with Gasteiger partial charge in [-0.1, -0.05) is 6.07 Å². The Hall–Kier alpha value is -3.07. The molecule has 0 radical (unpaired) electrons. The highest BCUT2D eigenvalue weighted by molar-refractivity contribution is 7.17. The van der Waals surface area contributed by atoms with E-state index in [9.17, 15) is 19.5 Å². The van der Waals surface area contributed by atoms with Crippen LogP contribution in [0.5, 0.6) is 11.5 Å². The van der Waals surface area contributed by atoms with Crippen molar-refractivity contribution in [3.63, 3.8) is 0 Å². The number of thiophene rings is 1. The van der Waals surface area contributed by atoms with Crippen LogP contribution in [0, 0.1) is 11.8 Å². The zero-order valence-corrected chi connectivity index (χ0v) is 21.0. The number of rotatable bonds is 8. The van der Waals surface area contributed by atoms with Crippen LogP contribution >= 0.6 is 11.3 Å². The third-order valence-corrected chi connectivity index (χ3v) is 8.19. The first kappa shape index (κ1) is 25.0. The number of ether oxygens (including phenoxy) is 2. The highest BCUT2D eigenvalue weighted by Gasteiger charge is 2.32. The molecule has 2 aliphatic rings. The molecule has 0 aliphatic heterocycles. The van der Waals surface area contributed by atoms with Gasteiger partial charge < -0.3 is 25.2 Å². The number of hydrogen-bond donors (Lipinski definition) is 3. The maximum absolute atomic E-state index is 13.3. The number of fused-ring (bicyclic) bond motifs is 1. The Bertz CT molecular complexity index is 1100. The summed E-state index contributed by atoms with van der Waals surface area (Å²) in [6.07, 6.45) is 5.95. The second-order valence-electron chi connectivity index (χ2n) is 9.16. The number of anilines is 1. The second-order valence-corrected chi connectivity index (χ2v) is 10.3. The van der Waals surface area contributed by atoms with Crippen LogP contribution in [0.15, 0.2) is 18.2 Å². The van der Waals surface area contributed by atoms with Gasteiger partial charge in [0, 0.05) is 17.3 Å². The van der Waals surface area contributed by atoms with Crippen molar-refractivity contribution in [2.24, 2.45) is 11.8 Å². The molecule has 1 saturated carbocycles. The number of benzene rings is 1. The largest absolute Gasteiger partial charge is 0.493 e. The van der Waals surface area contributed by atoms with Crippen molar-refractivity contribution in [2.75, 3.05) is 19.5 Å². The fraction of sp³-hybridized carbons (Fsp3) is 0.500. The average Bonchev–Trinajstić information content (AvgIpc) is 3.24. The third kappa shape index (κ3) is 5.61. The van der Waals surface area contributed by atoms with E-state index in [1.807, 2.05) is 12.1 Å². The van der Waals surface area contributed by atoms with Crippen molar-refractivity contribution in [3.8, 4) is 11.5 Å². The number of aliphatic carboxylic acids is 1. The highest BCUT2D eigenvalue weighted by Crippen LogP contribution is 2.39. The van der Waals surface area contributed by atoms with Gasteiger partial charge in [-0.25, -0.2) is 0 Å². The lowest BCUT2D eigenvalue weighted by Crippen LogP contribution is -2.30. The zero-order valence-electron chi connectivity index (χ0n) is 20.1. The van der Waals surface area contributed by atoms with Gasteiger partial charge in [0.2, 0.25) is 5.91 Å². The molecule has 0 bridgehead atoms. The number of methoxy groups -OCH3 is 2. The Kier molecular flexibility index (Phi) is 7.95. The molecule has 2 aromatic rings. The van der Waals surface area contributed by atoms with Crippen LogP contribution in [0.3, 0.4) is 0 Å². The molecular formula is C26H32N2O6S. The highest BCUT2D eigenvalue weighted by atomic mass is 32.1. The van der Waals surface area contributed by atoms with Crippen LogP contribution < -0.4 is 20.1 Å². The molecule has 188 valence electrons. The van der Waals surface area contributed by atoms with Crippen LogP contribution in [0.4, 0.5) is 5.00 Å². The van der Waals surface area contributed by atoms with Crippen molar-refractivity contribution >= 4 is 34.1 Å². The second kappa shape index (κ2) is 11.1. The van der Waals surface area contributed by atoms with Crippen molar-refractivity contribution in [3.05, 3.63) is 39.8 Å². The van der Waals surface area contributed by atoms with Crippen LogP contribution in [-0.2, 0) is 29.0 Å². The molecule has 35 heavy (non-hydrogen) atoms. The van der Waals surface area contributed by atoms with E-state index < -0.39 is 5.97 Å². The number of hydrogen-bond acceptors (Lipinski definition) is 6. The standard InChI is InChI=1S/C26H32N2O6S/c1-33-19-12-7-15(13-20(19)34-2)14-27-24(30)22-18-5-3-4-6-21(18)35-25(22)28-23(29)16-8-10-17(11-9-16)26(31)32/h7,12-13,16-17H,3-6,8-11,14H2,1-2H3,(H,27,30)(H,28,29)(H,31,32). The van der Waals surface area contributed by atoms with E-state index in [1.165, 1.54) is 11.3 Å². The van der Waals surface area contributed by atoms with E-state index in [0.717, 1.165) is 41.7 Å². The summed E-state index contributed by atoms with van der Waals surface area (Å²) in [6, 6.07) is 5.51. The fourth-order valence-corrected chi connectivity index (χ4v) is 6.26. The molecule has 2 amide bonds. The lowest BCUT2D eigenvalue weighted by Gasteiger charge is -2.25. The van der Waals surface area contributed by atoms with Crippen LogP contribution in [0.25, 0.3) is 0 Å².